The summed E-state index contributed by atoms with van der Waals surface area (Å²) in [5, 5.41) is 0.557. The van der Waals surface area contributed by atoms with Crippen LogP contribution in [0.25, 0.3) is 0 Å². The average molecular weight is 458 g/mol. The Morgan fingerprint density at radius 1 is 1.34 bits per heavy atom. The summed E-state index contributed by atoms with van der Waals surface area (Å²) in [5.41, 5.74) is 0.737. The van der Waals surface area contributed by atoms with Gasteiger partial charge in [0.05, 0.1) is 22.7 Å². The normalized spacial score (nSPS) is 18.0. The van der Waals surface area contributed by atoms with E-state index >= 15 is 0 Å². The van der Waals surface area contributed by atoms with Crippen LogP contribution in [-0.2, 0) is 16.4 Å². The third-order valence-electron chi connectivity index (χ3n) is 4.54. The molecule has 1 aromatic carbocycles. The van der Waals surface area contributed by atoms with E-state index in [0.29, 0.717) is 17.1 Å². The highest BCUT2D eigenvalue weighted by Crippen LogP contribution is 2.25. The zero-order valence-corrected chi connectivity index (χ0v) is 18.2. The number of benzene rings is 1. The molecule has 1 aliphatic rings. The lowest BCUT2D eigenvalue weighted by molar-refractivity contribution is 0.0674. The molecular weight excluding hydrogens is 437 g/mol. The van der Waals surface area contributed by atoms with E-state index < -0.39 is 21.8 Å². The molecule has 156 valence electrons. The summed E-state index contributed by atoms with van der Waals surface area (Å²) in [6.45, 7) is 2.16. The molecule has 0 N–H and O–H groups in total. The molecule has 2 aromatic rings. The Bertz CT molecular complexity index is 987. The Morgan fingerprint density at radius 3 is 2.69 bits per heavy atom. The van der Waals surface area contributed by atoms with Gasteiger partial charge in [-0.05, 0) is 30.5 Å². The highest BCUT2D eigenvalue weighted by Gasteiger charge is 2.36. The highest BCUT2D eigenvalue weighted by molar-refractivity contribution is 7.99. The SMILES string of the molecule is CCCSc1ncc(Cl)c(C(=O)N(Cc2ccc(F)cc2)C2CCS(=O)(=O)C2)n1. The Balaban J connectivity index is 1.92. The van der Waals surface area contributed by atoms with Crippen LogP contribution in [0, 0.1) is 5.82 Å². The lowest BCUT2D eigenvalue weighted by atomic mass is 10.1. The van der Waals surface area contributed by atoms with Gasteiger partial charge < -0.3 is 4.90 Å². The fourth-order valence-electron chi connectivity index (χ4n) is 3.07. The number of hydrogen-bond acceptors (Lipinski definition) is 6. The minimum absolute atomic E-state index is 0.0278. The van der Waals surface area contributed by atoms with Crippen LogP contribution in [-0.4, -0.2) is 52.5 Å². The van der Waals surface area contributed by atoms with Crippen molar-refractivity contribution >= 4 is 39.1 Å². The fraction of sp³-hybridized carbons (Fsp3) is 0.421. The summed E-state index contributed by atoms with van der Waals surface area (Å²) in [6.07, 6.45) is 2.66. The maximum atomic E-state index is 13.3. The first kappa shape index (κ1) is 22.0. The number of rotatable bonds is 7. The van der Waals surface area contributed by atoms with Gasteiger partial charge in [0.25, 0.3) is 5.91 Å². The number of thioether (sulfide) groups is 1. The monoisotopic (exact) mass is 457 g/mol. The number of aromatic nitrogens is 2. The van der Waals surface area contributed by atoms with Crippen LogP contribution in [0.1, 0.15) is 35.8 Å². The van der Waals surface area contributed by atoms with Crippen LogP contribution in [0.3, 0.4) is 0 Å². The van der Waals surface area contributed by atoms with Crippen LogP contribution < -0.4 is 0 Å². The van der Waals surface area contributed by atoms with Crippen molar-refractivity contribution in [1.29, 1.82) is 0 Å². The van der Waals surface area contributed by atoms with E-state index in [1.54, 1.807) is 12.1 Å². The highest BCUT2D eigenvalue weighted by atomic mass is 35.5. The molecule has 1 unspecified atom stereocenters. The van der Waals surface area contributed by atoms with Gasteiger partial charge in [0.15, 0.2) is 20.7 Å². The third kappa shape index (κ3) is 5.67. The van der Waals surface area contributed by atoms with Gasteiger partial charge in [-0.3, -0.25) is 4.79 Å². The zero-order chi connectivity index (χ0) is 21.0. The molecule has 1 saturated heterocycles. The maximum absolute atomic E-state index is 13.3. The van der Waals surface area contributed by atoms with Gasteiger partial charge in [-0.25, -0.2) is 22.8 Å². The molecule has 29 heavy (non-hydrogen) atoms. The lowest BCUT2D eigenvalue weighted by Gasteiger charge is -2.28. The lowest BCUT2D eigenvalue weighted by Crippen LogP contribution is -2.41. The molecular formula is C19H21ClFN3O3S2. The van der Waals surface area contributed by atoms with Gasteiger partial charge in [-0.1, -0.05) is 42.4 Å². The molecule has 10 heteroatoms. The average Bonchev–Trinajstić information content (AvgIpc) is 3.06. The van der Waals surface area contributed by atoms with Crippen molar-refractivity contribution in [3.05, 3.63) is 52.6 Å². The first-order valence-electron chi connectivity index (χ1n) is 9.20. The molecule has 0 radical (unpaired) electrons. The Labute approximate surface area is 178 Å². The largest absolute Gasteiger partial charge is 0.329 e. The fourth-order valence-corrected chi connectivity index (χ4v) is 5.65. The Hall–Kier alpha value is -1.71. The molecule has 1 atom stereocenters. The van der Waals surface area contributed by atoms with E-state index in [-0.39, 0.29) is 34.6 Å². The van der Waals surface area contributed by atoms with Gasteiger partial charge in [0.2, 0.25) is 0 Å². The third-order valence-corrected chi connectivity index (χ3v) is 7.63. The molecule has 1 amide bonds. The quantitative estimate of drug-likeness (QED) is 0.466. The number of carbonyl (C=O) groups excluding carboxylic acids is 1. The van der Waals surface area contributed by atoms with Crippen molar-refractivity contribution in [3.8, 4) is 0 Å². The van der Waals surface area contributed by atoms with Gasteiger partial charge in [0, 0.05) is 18.3 Å². The molecule has 3 rings (SSSR count). The maximum Gasteiger partial charge on any atom is 0.274 e. The second kappa shape index (κ2) is 9.40. The summed E-state index contributed by atoms with van der Waals surface area (Å²) in [5.74, 6) is -0.121. The van der Waals surface area contributed by atoms with Gasteiger partial charge in [-0.15, -0.1) is 0 Å². The van der Waals surface area contributed by atoms with Gasteiger partial charge >= 0.3 is 0 Å². The van der Waals surface area contributed by atoms with E-state index in [1.165, 1.54) is 35.0 Å². The van der Waals surface area contributed by atoms with Gasteiger partial charge in [-0.2, -0.15) is 0 Å². The predicted octanol–water partition coefficient (Wildman–Crippen LogP) is 3.60. The molecule has 6 nitrogen and oxygen atoms in total. The summed E-state index contributed by atoms with van der Waals surface area (Å²) < 4.78 is 37.2. The summed E-state index contributed by atoms with van der Waals surface area (Å²) >= 11 is 7.63. The van der Waals surface area contributed by atoms with Crippen LogP contribution >= 0.6 is 23.4 Å². The van der Waals surface area contributed by atoms with E-state index in [4.69, 9.17) is 11.6 Å². The molecule has 0 bridgehead atoms. The standard InChI is InChI=1S/C19H21ClFN3O3S2/c1-2-8-28-19-22-10-16(20)17(23-19)18(25)24(15-7-9-29(26,27)12-15)11-13-3-5-14(21)6-4-13/h3-6,10,15H,2,7-9,11-12H2,1H3. The number of halogens is 2. The van der Waals surface area contributed by atoms with Crippen molar-refractivity contribution < 1.29 is 17.6 Å². The van der Waals surface area contributed by atoms with Crippen LogP contribution in [0.15, 0.2) is 35.6 Å². The van der Waals surface area contributed by atoms with E-state index in [2.05, 4.69) is 9.97 Å². The van der Waals surface area contributed by atoms with E-state index in [9.17, 15) is 17.6 Å². The Kier molecular flexibility index (Phi) is 7.13. The topological polar surface area (TPSA) is 80.2 Å². The molecule has 0 saturated carbocycles. The van der Waals surface area contributed by atoms with Crippen molar-refractivity contribution in [3.63, 3.8) is 0 Å². The van der Waals surface area contributed by atoms with Crippen LogP contribution in [0.4, 0.5) is 4.39 Å². The number of amides is 1. The second-order valence-corrected chi connectivity index (χ2v) is 10.5. The molecule has 0 spiro atoms. The van der Waals surface area contributed by atoms with E-state index in [0.717, 1.165) is 12.2 Å². The number of carbonyl (C=O) groups is 1. The predicted molar refractivity (Wildman–Crippen MR) is 111 cm³/mol. The number of hydrogen-bond donors (Lipinski definition) is 0. The second-order valence-electron chi connectivity index (χ2n) is 6.81. The molecule has 1 aliphatic heterocycles. The molecule has 1 fully saturated rings. The number of nitrogens with zero attached hydrogens (tertiary/aromatic N) is 3. The van der Waals surface area contributed by atoms with Gasteiger partial charge in [0.1, 0.15) is 5.82 Å². The number of sulfone groups is 1. The Morgan fingerprint density at radius 2 is 2.07 bits per heavy atom. The summed E-state index contributed by atoms with van der Waals surface area (Å²) in [4.78, 5) is 23.3. The minimum atomic E-state index is -3.21. The molecule has 0 aliphatic carbocycles. The first-order chi connectivity index (χ1) is 13.8. The molecule has 1 aromatic heterocycles. The van der Waals surface area contributed by atoms with Crippen LogP contribution in [0.2, 0.25) is 5.02 Å². The smallest absolute Gasteiger partial charge is 0.274 e. The van der Waals surface area contributed by atoms with Crippen molar-refractivity contribution in [2.24, 2.45) is 0 Å². The first-order valence-corrected chi connectivity index (χ1v) is 12.4. The minimum Gasteiger partial charge on any atom is -0.329 e. The van der Waals surface area contributed by atoms with E-state index in [1.807, 2.05) is 6.92 Å². The van der Waals surface area contributed by atoms with Crippen molar-refractivity contribution in [1.82, 2.24) is 14.9 Å². The summed E-state index contributed by atoms with van der Waals surface area (Å²) in [6, 6.07) is 5.27. The zero-order valence-electron chi connectivity index (χ0n) is 15.8. The summed E-state index contributed by atoms with van der Waals surface area (Å²) in [7, 11) is -3.21. The molecule has 2 heterocycles. The van der Waals surface area contributed by atoms with Crippen LogP contribution in [0.5, 0.6) is 0 Å². The van der Waals surface area contributed by atoms with Crippen molar-refractivity contribution in [2.45, 2.75) is 37.5 Å². The van der Waals surface area contributed by atoms with Crippen molar-refractivity contribution in [2.75, 3.05) is 17.3 Å².